The molecule has 1 aromatic heterocycles. The van der Waals surface area contributed by atoms with Crippen molar-refractivity contribution in [1.82, 2.24) is 0 Å². The lowest BCUT2D eigenvalue weighted by Crippen LogP contribution is -2.55. The van der Waals surface area contributed by atoms with Gasteiger partial charge in [-0.1, -0.05) is 115 Å². The molecule has 5 aliphatic rings. The van der Waals surface area contributed by atoms with Crippen LogP contribution in [0.1, 0.15) is 43.2 Å². The summed E-state index contributed by atoms with van der Waals surface area (Å²) in [6.07, 6.45) is 7.06. The van der Waals surface area contributed by atoms with Crippen LogP contribution in [0.25, 0.3) is 55.3 Å². The topological polar surface area (TPSA) is 16.4 Å². The predicted molar refractivity (Wildman–Crippen MR) is 223 cm³/mol. The fourth-order valence-electron chi connectivity index (χ4n) is 12.0. The molecular weight excluding hydrogens is 655 g/mol. The molecule has 13 rings (SSSR count). The van der Waals surface area contributed by atoms with Crippen molar-refractivity contribution in [2.45, 2.75) is 37.5 Å². The van der Waals surface area contributed by atoms with Crippen LogP contribution in [0.15, 0.2) is 168 Å². The summed E-state index contributed by atoms with van der Waals surface area (Å²) in [5, 5.41) is 2.32. The highest BCUT2D eigenvalue weighted by Gasteiger charge is 2.61. The van der Waals surface area contributed by atoms with Crippen LogP contribution >= 0.6 is 0 Å². The molecule has 4 fully saturated rings. The Kier molecular flexibility index (Phi) is 6.55. The lowest BCUT2D eigenvalue weighted by molar-refractivity contribution is -0.0399. The summed E-state index contributed by atoms with van der Waals surface area (Å²) in [5.41, 5.74) is 16.4. The summed E-state index contributed by atoms with van der Waals surface area (Å²) in [6, 6.07) is 60.7. The van der Waals surface area contributed by atoms with Crippen LogP contribution in [0.3, 0.4) is 0 Å². The zero-order valence-electron chi connectivity index (χ0n) is 30.3. The van der Waals surface area contributed by atoms with Gasteiger partial charge in [0.1, 0.15) is 11.2 Å². The molecule has 260 valence electrons. The Morgan fingerprint density at radius 2 is 1.06 bits per heavy atom. The number of nitrogens with zero attached hydrogens (tertiary/aromatic N) is 1. The summed E-state index contributed by atoms with van der Waals surface area (Å²) in [5.74, 6) is 3.37. The van der Waals surface area contributed by atoms with E-state index in [2.05, 4.69) is 157 Å². The Bertz CT molecular complexity index is 2710. The number of benzene rings is 7. The molecule has 0 radical (unpaired) electrons. The lowest BCUT2D eigenvalue weighted by Gasteiger charge is -2.61. The third-order valence-corrected chi connectivity index (χ3v) is 13.9. The molecule has 4 saturated carbocycles. The Labute approximate surface area is 316 Å². The van der Waals surface area contributed by atoms with Gasteiger partial charge in [0.25, 0.3) is 0 Å². The van der Waals surface area contributed by atoms with E-state index < -0.39 is 0 Å². The van der Waals surface area contributed by atoms with E-state index in [-0.39, 0.29) is 5.41 Å². The van der Waals surface area contributed by atoms with Crippen molar-refractivity contribution in [2.75, 3.05) is 4.90 Å². The summed E-state index contributed by atoms with van der Waals surface area (Å²) in [6.45, 7) is 0. The SMILES string of the molecule is c1ccc(-c2ccccc2N(c2ccc(-c3ccc4c(c3)oc3ccccc34)cc2)c2ccc3c(c2)-c2ccccc2C32C3CC4CC(C3)CC2C4)cc1. The van der Waals surface area contributed by atoms with E-state index in [1.165, 1.54) is 71.3 Å². The second kappa shape index (κ2) is 11.6. The molecule has 0 atom stereocenters. The van der Waals surface area contributed by atoms with E-state index in [0.717, 1.165) is 56.9 Å². The maximum Gasteiger partial charge on any atom is 0.136 e. The average molecular weight is 696 g/mol. The van der Waals surface area contributed by atoms with Crippen LogP contribution in [0.4, 0.5) is 17.1 Å². The molecule has 2 nitrogen and oxygen atoms in total. The molecule has 7 aromatic carbocycles. The van der Waals surface area contributed by atoms with Crippen LogP contribution in [-0.4, -0.2) is 0 Å². The van der Waals surface area contributed by atoms with Gasteiger partial charge >= 0.3 is 0 Å². The minimum absolute atomic E-state index is 0.160. The van der Waals surface area contributed by atoms with Crippen molar-refractivity contribution in [1.29, 1.82) is 0 Å². The van der Waals surface area contributed by atoms with E-state index in [9.17, 15) is 0 Å². The van der Waals surface area contributed by atoms with Gasteiger partial charge in [-0.2, -0.15) is 0 Å². The van der Waals surface area contributed by atoms with Crippen molar-refractivity contribution in [2.24, 2.45) is 23.7 Å². The van der Waals surface area contributed by atoms with Gasteiger partial charge in [-0.15, -0.1) is 0 Å². The molecular formula is C52H41NO. The third kappa shape index (κ3) is 4.34. The highest BCUT2D eigenvalue weighted by Crippen LogP contribution is 2.69. The number of fused-ring (bicyclic) bond motifs is 6. The molecule has 0 aliphatic heterocycles. The normalized spacial score (nSPS) is 23.3. The first-order chi connectivity index (χ1) is 26.7. The predicted octanol–water partition coefficient (Wildman–Crippen LogP) is 14.1. The maximum atomic E-state index is 6.27. The number of hydrogen-bond acceptors (Lipinski definition) is 2. The second-order valence-corrected chi connectivity index (χ2v) is 16.5. The Morgan fingerprint density at radius 3 is 1.87 bits per heavy atom. The van der Waals surface area contributed by atoms with Gasteiger partial charge in [-0.05, 0) is 143 Å². The van der Waals surface area contributed by atoms with Crippen LogP contribution in [0.2, 0.25) is 0 Å². The monoisotopic (exact) mass is 695 g/mol. The summed E-state index contributed by atoms with van der Waals surface area (Å²) in [4.78, 5) is 2.49. The van der Waals surface area contributed by atoms with E-state index in [1.807, 2.05) is 12.1 Å². The van der Waals surface area contributed by atoms with Crippen molar-refractivity contribution in [3.63, 3.8) is 0 Å². The molecule has 1 spiro atoms. The molecule has 8 aromatic rings. The first-order valence-electron chi connectivity index (χ1n) is 19.9. The highest BCUT2D eigenvalue weighted by molar-refractivity contribution is 6.06. The summed E-state index contributed by atoms with van der Waals surface area (Å²) < 4.78 is 6.27. The van der Waals surface area contributed by atoms with Crippen LogP contribution in [0, 0.1) is 23.7 Å². The van der Waals surface area contributed by atoms with Crippen molar-refractivity contribution >= 4 is 39.0 Å². The fourth-order valence-corrected chi connectivity index (χ4v) is 12.0. The van der Waals surface area contributed by atoms with Gasteiger partial charge < -0.3 is 9.32 Å². The van der Waals surface area contributed by atoms with E-state index in [0.29, 0.717) is 0 Å². The number of hydrogen-bond donors (Lipinski definition) is 0. The molecule has 0 saturated heterocycles. The second-order valence-electron chi connectivity index (χ2n) is 16.5. The van der Waals surface area contributed by atoms with Gasteiger partial charge in [-0.3, -0.25) is 0 Å². The zero-order chi connectivity index (χ0) is 35.4. The lowest BCUT2D eigenvalue weighted by atomic mass is 9.43. The third-order valence-electron chi connectivity index (χ3n) is 13.9. The van der Waals surface area contributed by atoms with Crippen LogP contribution in [-0.2, 0) is 5.41 Å². The van der Waals surface area contributed by atoms with Crippen LogP contribution in [0.5, 0.6) is 0 Å². The number of anilines is 3. The molecule has 0 unspecified atom stereocenters. The fraction of sp³-hybridized carbons (Fsp3) is 0.192. The van der Waals surface area contributed by atoms with E-state index in [1.54, 1.807) is 11.1 Å². The molecule has 5 aliphatic carbocycles. The molecule has 2 heteroatoms. The summed E-state index contributed by atoms with van der Waals surface area (Å²) >= 11 is 0. The Morgan fingerprint density at radius 1 is 0.426 bits per heavy atom. The largest absolute Gasteiger partial charge is 0.456 e. The quantitative estimate of drug-likeness (QED) is 0.178. The molecule has 1 heterocycles. The number of rotatable bonds is 5. The Balaban J connectivity index is 1.01. The van der Waals surface area contributed by atoms with Crippen LogP contribution < -0.4 is 4.90 Å². The standard InChI is InChI=1S/C52H41NO/c1-2-10-36(11-3-1)42-12-5-8-16-49(42)53(40-21-18-35(19-22-40)37-20-24-45-44-14-6-9-17-50(44)54-51(45)31-37)41-23-25-48-46(32-41)43-13-4-7-15-47(43)52(48)38-27-33-26-34(29-38)30-39(52)28-33/h1-25,31-34,38-39H,26-30H2. The molecule has 0 N–H and O–H groups in total. The smallest absolute Gasteiger partial charge is 0.136 e. The molecule has 54 heavy (non-hydrogen) atoms. The van der Waals surface area contributed by atoms with E-state index >= 15 is 0 Å². The van der Waals surface area contributed by atoms with E-state index in [4.69, 9.17) is 4.42 Å². The summed E-state index contributed by atoms with van der Waals surface area (Å²) in [7, 11) is 0. The van der Waals surface area contributed by atoms with Gasteiger partial charge in [0.05, 0.1) is 5.69 Å². The van der Waals surface area contributed by atoms with Gasteiger partial charge in [-0.25, -0.2) is 0 Å². The Hall–Kier alpha value is -5.86. The number of para-hydroxylation sites is 2. The van der Waals surface area contributed by atoms with Gasteiger partial charge in [0, 0.05) is 33.1 Å². The van der Waals surface area contributed by atoms with Gasteiger partial charge in [0.15, 0.2) is 0 Å². The van der Waals surface area contributed by atoms with Crippen molar-refractivity contribution < 1.29 is 4.42 Å². The number of furan rings is 1. The average Bonchev–Trinajstić information content (AvgIpc) is 3.74. The first-order valence-corrected chi connectivity index (χ1v) is 19.9. The maximum absolute atomic E-state index is 6.27. The molecule has 0 amide bonds. The minimum atomic E-state index is 0.160. The first kappa shape index (κ1) is 30.6. The van der Waals surface area contributed by atoms with Crippen molar-refractivity contribution in [3.8, 4) is 33.4 Å². The van der Waals surface area contributed by atoms with Crippen molar-refractivity contribution in [3.05, 3.63) is 175 Å². The van der Waals surface area contributed by atoms with Gasteiger partial charge in [0.2, 0.25) is 0 Å². The zero-order valence-corrected chi connectivity index (χ0v) is 30.3. The highest BCUT2D eigenvalue weighted by atomic mass is 16.3. The minimum Gasteiger partial charge on any atom is -0.456 e. The molecule has 4 bridgehead atoms.